The van der Waals surface area contributed by atoms with Crippen LogP contribution in [0.5, 0.6) is 0 Å². The number of halogens is 2. The van der Waals surface area contributed by atoms with Crippen LogP contribution in [0.3, 0.4) is 0 Å². The van der Waals surface area contributed by atoms with Crippen LogP contribution in [0.1, 0.15) is 21.5 Å². The molecule has 20 heavy (non-hydrogen) atoms. The van der Waals surface area contributed by atoms with E-state index >= 15 is 0 Å². The summed E-state index contributed by atoms with van der Waals surface area (Å²) >= 11 is 9.64. The molecular formula is C15H13BrClNO2. The fourth-order valence-electron chi connectivity index (χ4n) is 2.12. The van der Waals surface area contributed by atoms with E-state index in [9.17, 15) is 10.1 Å². The van der Waals surface area contributed by atoms with Gasteiger partial charge in [-0.3, -0.25) is 10.1 Å². The van der Waals surface area contributed by atoms with E-state index in [1.165, 1.54) is 6.07 Å². The molecule has 0 bridgehead atoms. The number of hydrogen-bond acceptors (Lipinski definition) is 2. The van der Waals surface area contributed by atoms with Crippen LogP contribution < -0.4 is 0 Å². The molecular weight excluding hydrogens is 342 g/mol. The summed E-state index contributed by atoms with van der Waals surface area (Å²) in [7, 11) is 0. The zero-order valence-electron chi connectivity index (χ0n) is 10.8. The van der Waals surface area contributed by atoms with Crippen molar-refractivity contribution in [2.24, 2.45) is 0 Å². The fourth-order valence-corrected chi connectivity index (χ4v) is 3.03. The van der Waals surface area contributed by atoms with Crippen LogP contribution in [-0.2, 0) is 6.42 Å². The molecule has 0 radical (unpaired) electrons. The van der Waals surface area contributed by atoms with Gasteiger partial charge in [-0.15, -0.1) is 0 Å². The van der Waals surface area contributed by atoms with E-state index in [1.807, 2.05) is 31.2 Å². The minimum absolute atomic E-state index is 0.0130. The summed E-state index contributed by atoms with van der Waals surface area (Å²) in [5.74, 6) is 0. The number of hydrogen-bond donors (Lipinski definition) is 0. The maximum absolute atomic E-state index is 11.0. The molecule has 1 atom stereocenters. The van der Waals surface area contributed by atoms with Crippen LogP contribution in [0.25, 0.3) is 0 Å². The molecule has 0 aromatic heterocycles. The molecule has 0 spiro atoms. The highest BCUT2D eigenvalue weighted by atomic mass is 79.9. The second-order valence-electron chi connectivity index (χ2n) is 4.62. The number of rotatable bonds is 4. The molecule has 0 fully saturated rings. The lowest BCUT2D eigenvalue weighted by molar-refractivity contribution is -0.385. The molecule has 0 aliphatic rings. The van der Waals surface area contributed by atoms with Gasteiger partial charge in [0.1, 0.15) is 0 Å². The van der Waals surface area contributed by atoms with Crippen molar-refractivity contribution in [3.8, 4) is 0 Å². The summed E-state index contributed by atoms with van der Waals surface area (Å²) < 4.78 is 0. The van der Waals surface area contributed by atoms with Gasteiger partial charge in [0.2, 0.25) is 0 Å². The first-order valence-electron chi connectivity index (χ1n) is 6.11. The maximum Gasteiger partial charge on any atom is 0.272 e. The average molecular weight is 355 g/mol. The van der Waals surface area contributed by atoms with Crippen molar-refractivity contribution in [1.82, 2.24) is 0 Å². The van der Waals surface area contributed by atoms with Crippen molar-refractivity contribution in [2.75, 3.05) is 0 Å². The second kappa shape index (κ2) is 6.37. The first-order valence-corrected chi connectivity index (χ1v) is 7.40. The van der Waals surface area contributed by atoms with E-state index in [2.05, 4.69) is 15.9 Å². The Morgan fingerprint density at radius 1 is 1.30 bits per heavy atom. The largest absolute Gasteiger partial charge is 0.272 e. The minimum atomic E-state index is -0.349. The maximum atomic E-state index is 11.0. The molecule has 2 aromatic carbocycles. The third kappa shape index (κ3) is 3.58. The molecule has 0 amide bonds. The van der Waals surface area contributed by atoms with Crippen molar-refractivity contribution < 1.29 is 4.92 Å². The van der Waals surface area contributed by atoms with Crippen molar-refractivity contribution in [2.45, 2.75) is 18.2 Å². The van der Waals surface area contributed by atoms with E-state index in [1.54, 1.807) is 12.1 Å². The third-order valence-corrected chi connectivity index (χ3v) is 4.08. The van der Waals surface area contributed by atoms with Crippen molar-refractivity contribution in [3.63, 3.8) is 0 Å². The molecule has 0 saturated carbocycles. The molecule has 0 saturated heterocycles. The van der Waals surface area contributed by atoms with E-state index in [4.69, 9.17) is 11.6 Å². The summed E-state index contributed by atoms with van der Waals surface area (Å²) in [6.45, 7) is 1.97. The normalized spacial score (nSPS) is 12.2. The smallest absolute Gasteiger partial charge is 0.258 e. The number of alkyl halides is 1. The second-order valence-corrected chi connectivity index (χ2v) is 6.16. The van der Waals surface area contributed by atoms with Gasteiger partial charge in [-0.2, -0.15) is 0 Å². The summed E-state index contributed by atoms with van der Waals surface area (Å²) in [6.07, 6.45) is 0.539. The fraction of sp³-hybridized carbons (Fsp3) is 0.200. The van der Waals surface area contributed by atoms with Crippen molar-refractivity contribution >= 4 is 33.2 Å². The number of para-hydroxylation sites is 1. The molecule has 1 unspecified atom stereocenters. The summed E-state index contributed by atoms with van der Waals surface area (Å²) in [5, 5.41) is 11.7. The lowest BCUT2D eigenvalue weighted by Crippen LogP contribution is -2.00. The number of benzene rings is 2. The first kappa shape index (κ1) is 15.0. The summed E-state index contributed by atoms with van der Waals surface area (Å²) in [6, 6.07) is 12.6. The quantitative estimate of drug-likeness (QED) is 0.428. The predicted octanol–water partition coefficient (Wildman–Crippen LogP) is 5.24. The highest BCUT2D eigenvalue weighted by Crippen LogP contribution is 2.32. The number of nitrogens with zero attached hydrogens (tertiary/aromatic N) is 1. The van der Waals surface area contributed by atoms with E-state index in [0.717, 1.165) is 11.1 Å². The molecule has 104 valence electrons. The Hall–Kier alpha value is -1.39. The van der Waals surface area contributed by atoms with Crippen molar-refractivity contribution in [1.29, 1.82) is 0 Å². The molecule has 2 aromatic rings. The van der Waals surface area contributed by atoms with Gasteiger partial charge in [-0.1, -0.05) is 51.8 Å². The van der Waals surface area contributed by atoms with Crippen LogP contribution in [0.4, 0.5) is 5.69 Å². The highest BCUT2D eigenvalue weighted by Gasteiger charge is 2.17. The van der Waals surface area contributed by atoms with Gasteiger partial charge < -0.3 is 0 Å². The van der Waals surface area contributed by atoms with Crippen LogP contribution in [0.2, 0.25) is 5.02 Å². The molecule has 0 N–H and O–H groups in total. The zero-order valence-corrected chi connectivity index (χ0v) is 13.2. The average Bonchev–Trinajstić information content (AvgIpc) is 2.37. The number of nitro groups is 1. The van der Waals surface area contributed by atoms with Crippen molar-refractivity contribution in [3.05, 3.63) is 74.3 Å². The van der Waals surface area contributed by atoms with Gasteiger partial charge in [0.15, 0.2) is 0 Å². The Kier molecular flexibility index (Phi) is 4.78. The molecule has 3 nitrogen and oxygen atoms in total. The van der Waals surface area contributed by atoms with Crippen LogP contribution >= 0.6 is 27.5 Å². The van der Waals surface area contributed by atoms with Gasteiger partial charge in [0.25, 0.3) is 5.69 Å². The molecule has 0 aliphatic carbocycles. The standard InChI is InChI=1S/C15H13BrClNO2/c1-10-6-12(8-13(17)7-10)14(16)9-11-4-2-3-5-15(11)18(19)20/h2-8,14H,9H2,1H3. The molecule has 5 heteroatoms. The van der Waals surface area contributed by atoms with Gasteiger partial charge in [0, 0.05) is 21.5 Å². The summed E-state index contributed by atoms with van der Waals surface area (Å²) in [4.78, 5) is 10.7. The first-order chi connectivity index (χ1) is 9.47. The summed E-state index contributed by atoms with van der Waals surface area (Å²) in [5.41, 5.74) is 2.94. The highest BCUT2D eigenvalue weighted by molar-refractivity contribution is 9.09. The van der Waals surface area contributed by atoms with Crippen LogP contribution in [0, 0.1) is 17.0 Å². The Morgan fingerprint density at radius 3 is 2.65 bits per heavy atom. The zero-order chi connectivity index (χ0) is 14.7. The molecule has 0 aliphatic heterocycles. The number of aryl methyl sites for hydroxylation is 1. The SMILES string of the molecule is Cc1cc(Cl)cc(C(Br)Cc2ccccc2[N+](=O)[O-])c1. The molecule has 2 rings (SSSR count). The number of nitro benzene ring substituents is 1. The Morgan fingerprint density at radius 2 is 2.00 bits per heavy atom. The minimum Gasteiger partial charge on any atom is -0.258 e. The van der Waals surface area contributed by atoms with Crippen LogP contribution in [-0.4, -0.2) is 4.92 Å². The lowest BCUT2D eigenvalue weighted by Gasteiger charge is -2.12. The lowest BCUT2D eigenvalue weighted by atomic mass is 10.0. The van der Waals surface area contributed by atoms with E-state index in [-0.39, 0.29) is 15.4 Å². The Bertz CT molecular complexity index is 625. The van der Waals surface area contributed by atoms with Gasteiger partial charge >= 0.3 is 0 Å². The van der Waals surface area contributed by atoms with Gasteiger partial charge in [-0.05, 0) is 36.6 Å². The topological polar surface area (TPSA) is 43.1 Å². The third-order valence-electron chi connectivity index (χ3n) is 3.01. The van der Waals surface area contributed by atoms with Gasteiger partial charge in [0.05, 0.1) is 4.92 Å². The van der Waals surface area contributed by atoms with Crippen LogP contribution in [0.15, 0.2) is 42.5 Å². The van der Waals surface area contributed by atoms with Gasteiger partial charge in [-0.25, -0.2) is 0 Å². The van der Waals surface area contributed by atoms with E-state index < -0.39 is 0 Å². The Labute approximate surface area is 130 Å². The van der Waals surface area contributed by atoms with E-state index in [0.29, 0.717) is 17.0 Å². The molecule has 0 heterocycles. The Balaban J connectivity index is 2.28. The predicted molar refractivity (Wildman–Crippen MR) is 84.7 cm³/mol. The monoisotopic (exact) mass is 353 g/mol.